The SMILES string of the molecule is C=C(c1ccccc1)c1cccc(C(C)(O)c2cccc(COC)c2)c1. The van der Waals surface area contributed by atoms with Crippen LogP contribution in [-0.2, 0) is 16.9 Å². The van der Waals surface area contributed by atoms with E-state index in [4.69, 9.17) is 4.74 Å². The molecule has 132 valence electrons. The Kier molecular flexibility index (Phi) is 5.36. The Morgan fingerprint density at radius 2 is 1.50 bits per heavy atom. The largest absolute Gasteiger partial charge is 0.381 e. The zero-order chi connectivity index (χ0) is 18.6. The topological polar surface area (TPSA) is 29.5 Å². The summed E-state index contributed by atoms with van der Waals surface area (Å²) in [5.74, 6) is 0. The smallest absolute Gasteiger partial charge is 0.112 e. The summed E-state index contributed by atoms with van der Waals surface area (Å²) < 4.78 is 5.21. The second-order valence-electron chi connectivity index (χ2n) is 6.63. The van der Waals surface area contributed by atoms with Gasteiger partial charge in [-0.3, -0.25) is 0 Å². The molecule has 3 aromatic rings. The molecule has 0 amide bonds. The van der Waals surface area contributed by atoms with Gasteiger partial charge in [-0.25, -0.2) is 0 Å². The summed E-state index contributed by atoms with van der Waals surface area (Å²) in [6, 6.07) is 25.9. The lowest BCUT2D eigenvalue weighted by Crippen LogP contribution is -2.23. The summed E-state index contributed by atoms with van der Waals surface area (Å²) in [6.07, 6.45) is 0. The van der Waals surface area contributed by atoms with Crippen molar-refractivity contribution >= 4 is 5.57 Å². The maximum Gasteiger partial charge on any atom is 0.112 e. The summed E-state index contributed by atoms with van der Waals surface area (Å²) in [5, 5.41) is 11.3. The van der Waals surface area contributed by atoms with Crippen molar-refractivity contribution in [1.82, 2.24) is 0 Å². The van der Waals surface area contributed by atoms with Gasteiger partial charge in [0.1, 0.15) is 5.60 Å². The van der Waals surface area contributed by atoms with E-state index >= 15 is 0 Å². The third-order valence-corrected chi connectivity index (χ3v) is 4.70. The van der Waals surface area contributed by atoms with Gasteiger partial charge >= 0.3 is 0 Å². The van der Waals surface area contributed by atoms with Crippen LogP contribution in [0.5, 0.6) is 0 Å². The van der Waals surface area contributed by atoms with Crippen molar-refractivity contribution in [2.45, 2.75) is 19.1 Å². The quantitative estimate of drug-likeness (QED) is 0.670. The first-order chi connectivity index (χ1) is 12.5. The molecule has 0 radical (unpaired) electrons. The molecular formula is C24H24O2. The molecule has 0 aliphatic rings. The number of hydrogen-bond donors (Lipinski definition) is 1. The van der Waals surface area contributed by atoms with Gasteiger partial charge in [0.15, 0.2) is 0 Å². The minimum atomic E-state index is -1.10. The van der Waals surface area contributed by atoms with Gasteiger partial charge in [0, 0.05) is 7.11 Å². The average Bonchev–Trinajstić information content (AvgIpc) is 2.69. The first kappa shape index (κ1) is 18.1. The van der Waals surface area contributed by atoms with E-state index in [1.165, 1.54) is 0 Å². The van der Waals surface area contributed by atoms with Gasteiger partial charge in [0.2, 0.25) is 0 Å². The molecule has 0 spiro atoms. The van der Waals surface area contributed by atoms with E-state index in [2.05, 4.69) is 6.58 Å². The average molecular weight is 344 g/mol. The van der Waals surface area contributed by atoms with Crippen LogP contribution in [0.3, 0.4) is 0 Å². The van der Waals surface area contributed by atoms with Crippen molar-refractivity contribution in [1.29, 1.82) is 0 Å². The highest BCUT2D eigenvalue weighted by molar-refractivity contribution is 5.78. The van der Waals surface area contributed by atoms with E-state index in [0.717, 1.165) is 33.4 Å². The fourth-order valence-corrected chi connectivity index (χ4v) is 3.11. The number of benzene rings is 3. The summed E-state index contributed by atoms with van der Waals surface area (Å²) >= 11 is 0. The predicted molar refractivity (Wildman–Crippen MR) is 107 cm³/mol. The molecule has 0 aliphatic heterocycles. The maximum absolute atomic E-state index is 11.3. The van der Waals surface area contributed by atoms with Gasteiger partial charge in [-0.05, 0) is 46.4 Å². The van der Waals surface area contributed by atoms with Crippen molar-refractivity contribution < 1.29 is 9.84 Å². The highest BCUT2D eigenvalue weighted by Crippen LogP contribution is 2.32. The molecule has 0 aromatic heterocycles. The van der Waals surface area contributed by atoms with Crippen molar-refractivity contribution in [3.05, 3.63) is 113 Å². The van der Waals surface area contributed by atoms with E-state index < -0.39 is 5.60 Å². The van der Waals surface area contributed by atoms with E-state index in [0.29, 0.717) is 6.61 Å². The first-order valence-corrected chi connectivity index (χ1v) is 8.68. The van der Waals surface area contributed by atoms with Gasteiger partial charge in [0.25, 0.3) is 0 Å². The van der Waals surface area contributed by atoms with Crippen LogP contribution in [0.15, 0.2) is 85.4 Å². The molecule has 2 nitrogen and oxygen atoms in total. The van der Waals surface area contributed by atoms with Crippen molar-refractivity contribution in [3.63, 3.8) is 0 Å². The Morgan fingerprint density at radius 3 is 2.19 bits per heavy atom. The molecule has 1 unspecified atom stereocenters. The molecule has 0 saturated carbocycles. The summed E-state index contributed by atoms with van der Waals surface area (Å²) in [4.78, 5) is 0. The zero-order valence-electron chi connectivity index (χ0n) is 15.3. The molecule has 2 heteroatoms. The molecule has 0 fully saturated rings. The van der Waals surface area contributed by atoms with Crippen molar-refractivity contribution in [3.8, 4) is 0 Å². The van der Waals surface area contributed by atoms with Gasteiger partial charge in [0.05, 0.1) is 6.61 Å². The molecule has 0 aliphatic carbocycles. The van der Waals surface area contributed by atoms with Gasteiger partial charge in [-0.15, -0.1) is 0 Å². The van der Waals surface area contributed by atoms with Crippen LogP contribution in [0.25, 0.3) is 5.57 Å². The first-order valence-electron chi connectivity index (χ1n) is 8.68. The fourth-order valence-electron chi connectivity index (χ4n) is 3.11. The van der Waals surface area contributed by atoms with E-state index in [9.17, 15) is 5.11 Å². The minimum absolute atomic E-state index is 0.523. The monoisotopic (exact) mass is 344 g/mol. The van der Waals surface area contributed by atoms with Crippen molar-refractivity contribution in [2.75, 3.05) is 7.11 Å². The minimum Gasteiger partial charge on any atom is -0.381 e. The summed E-state index contributed by atoms with van der Waals surface area (Å²) in [7, 11) is 1.67. The standard InChI is InChI=1S/C24H24O2/c1-18(20-10-5-4-6-11-20)21-12-8-14-23(16-21)24(2,25)22-13-7-9-19(15-22)17-26-3/h4-16,25H,1,17H2,2-3H3. The predicted octanol–water partition coefficient (Wildman–Crippen LogP) is 5.15. The lowest BCUT2D eigenvalue weighted by atomic mass is 9.85. The molecule has 1 N–H and O–H groups in total. The highest BCUT2D eigenvalue weighted by atomic mass is 16.5. The number of rotatable bonds is 6. The van der Waals surface area contributed by atoms with Crippen LogP contribution in [0, 0.1) is 0 Å². The molecule has 0 heterocycles. The second kappa shape index (κ2) is 7.69. The van der Waals surface area contributed by atoms with Crippen LogP contribution < -0.4 is 0 Å². The number of aliphatic hydroxyl groups is 1. The van der Waals surface area contributed by atoms with Crippen LogP contribution in [0.2, 0.25) is 0 Å². The molecule has 3 rings (SSSR count). The second-order valence-corrected chi connectivity index (χ2v) is 6.63. The number of methoxy groups -OCH3 is 1. The van der Waals surface area contributed by atoms with E-state index in [1.807, 2.05) is 85.8 Å². The Labute approximate surface area is 155 Å². The summed E-state index contributed by atoms with van der Waals surface area (Å²) in [5.41, 5.74) is 4.63. The van der Waals surface area contributed by atoms with E-state index in [-0.39, 0.29) is 0 Å². The Morgan fingerprint density at radius 1 is 0.885 bits per heavy atom. The summed E-state index contributed by atoms with van der Waals surface area (Å²) in [6.45, 7) is 6.58. The fraction of sp³-hybridized carbons (Fsp3) is 0.167. The Balaban J connectivity index is 1.96. The Hall–Kier alpha value is -2.68. The lowest BCUT2D eigenvalue weighted by molar-refractivity contribution is 0.102. The molecule has 0 saturated heterocycles. The molecule has 1 atom stereocenters. The van der Waals surface area contributed by atoms with Gasteiger partial charge < -0.3 is 9.84 Å². The molecular weight excluding hydrogens is 320 g/mol. The normalized spacial score (nSPS) is 13.2. The lowest BCUT2D eigenvalue weighted by Gasteiger charge is -2.26. The van der Waals surface area contributed by atoms with Crippen molar-refractivity contribution in [2.24, 2.45) is 0 Å². The van der Waals surface area contributed by atoms with Gasteiger partial charge in [-0.1, -0.05) is 79.4 Å². The van der Waals surface area contributed by atoms with Crippen LogP contribution in [0.1, 0.15) is 34.7 Å². The molecule has 3 aromatic carbocycles. The number of hydrogen-bond acceptors (Lipinski definition) is 2. The zero-order valence-corrected chi connectivity index (χ0v) is 15.3. The Bertz CT molecular complexity index is 895. The van der Waals surface area contributed by atoms with Crippen LogP contribution in [-0.4, -0.2) is 12.2 Å². The van der Waals surface area contributed by atoms with Gasteiger partial charge in [-0.2, -0.15) is 0 Å². The molecule has 26 heavy (non-hydrogen) atoms. The molecule has 0 bridgehead atoms. The third kappa shape index (κ3) is 3.77. The van der Waals surface area contributed by atoms with E-state index in [1.54, 1.807) is 7.11 Å². The van der Waals surface area contributed by atoms with Crippen LogP contribution >= 0.6 is 0 Å². The highest BCUT2D eigenvalue weighted by Gasteiger charge is 2.26. The van der Waals surface area contributed by atoms with Crippen LogP contribution in [0.4, 0.5) is 0 Å². The third-order valence-electron chi connectivity index (χ3n) is 4.70. The number of ether oxygens (including phenoxy) is 1. The maximum atomic E-state index is 11.3.